The number of hydrogen-bond acceptors (Lipinski definition) is 0. The normalized spacial score (nSPS) is 11.2. The van der Waals surface area contributed by atoms with Gasteiger partial charge in [-0.05, 0) is 54.5 Å². The molecule has 0 N–H and O–H groups in total. The quantitative estimate of drug-likeness (QED) is 0.395. The van der Waals surface area contributed by atoms with Gasteiger partial charge in [0.1, 0.15) is 5.82 Å². The van der Waals surface area contributed by atoms with E-state index in [1.807, 2.05) is 24.3 Å². The summed E-state index contributed by atoms with van der Waals surface area (Å²) in [6, 6.07) is 13.9. The van der Waals surface area contributed by atoms with Gasteiger partial charge in [-0.15, -0.1) is 5.73 Å². The molecule has 0 radical (unpaired) electrons. The molecule has 4 heteroatoms. The molecule has 0 saturated carbocycles. The van der Waals surface area contributed by atoms with Crippen LogP contribution in [0.1, 0.15) is 36.0 Å². The van der Waals surface area contributed by atoms with Gasteiger partial charge < -0.3 is 0 Å². The zero-order valence-electron chi connectivity index (χ0n) is 13.9. The molecule has 0 atom stereocenters. The maximum absolute atomic E-state index is 13.2. The van der Waals surface area contributed by atoms with Gasteiger partial charge in [-0.1, -0.05) is 43.0 Å². The van der Waals surface area contributed by atoms with Crippen molar-refractivity contribution in [3.63, 3.8) is 0 Å². The topological polar surface area (TPSA) is 0 Å². The Labute approximate surface area is 145 Å². The molecule has 0 amide bonds. The standard InChI is InChI=1S/C21H20F4/c1-2-18(12-13-21(23,24)25)19-10-4-8-16(14-19)6-3-7-17-9-5-11-20(22)15-17/h4-5,8-11,14-15H,1,3,6-7,12-13H2. The Balaban J connectivity index is 1.97. The second-order valence-electron chi connectivity index (χ2n) is 5.95. The lowest BCUT2D eigenvalue weighted by molar-refractivity contribution is -0.133. The minimum atomic E-state index is -4.19. The van der Waals surface area contributed by atoms with Crippen molar-refractivity contribution in [2.75, 3.05) is 0 Å². The van der Waals surface area contributed by atoms with Crippen molar-refractivity contribution in [1.29, 1.82) is 0 Å². The predicted octanol–water partition coefficient (Wildman–Crippen LogP) is 6.51. The highest BCUT2D eigenvalue weighted by Gasteiger charge is 2.27. The molecule has 0 bridgehead atoms. The maximum Gasteiger partial charge on any atom is 0.389 e. The minimum absolute atomic E-state index is 0.125. The highest BCUT2D eigenvalue weighted by Crippen LogP contribution is 2.28. The van der Waals surface area contributed by atoms with E-state index in [-0.39, 0.29) is 12.2 Å². The van der Waals surface area contributed by atoms with Crippen molar-refractivity contribution >= 4 is 5.57 Å². The average Bonchev–Trinajstić information content (AvgIpc) is 2.55. The Morgan fingerprint density at radius 1 is 0.960 bits per heavy atom. The Bertz CT molecular complexity index is 752. The first-order valence-corrected chi connectivity index (χ1v) is 8.17. The fourth-order valence-corrected chi connectivity index (χ4v) is 2.71. The Morgan fingerprint density at radius 3 is 2.20 bits per heavy atom. The summed E-state index contributed by atoms with van der Waals surface area (Å²) in [6.45, 7) is 3.51. The second kappa shape index (κ2) is 8.68. The van der Waals surface area contributed by atoms with Crippen molar-refractivity contribution in [2.24, 2.45) is 0 Å². The van der Waals surface area contributed by atoms with Crippen molar-refractivity contribution in [3.8, 4) is 0 Å². The summed E-state index contributed by atoms with van der Waals surface area (Å²) in [6.07, 6.45) is -2.84. The van der Waals surface area contributed by atoms with Gasteiger partial charge >= 0.3 is 6.18 Å². The molecule has 2 aromatic rings. The third-order valence-electron chi connectivity index (χ3n) is 3.97. The maximum atomic E-state index is 13.2. The predicted molar refractivity (Wildman–Crippen MR) is 92.7 cm³/mol. The summed E-state index contributed by atoms with van der Waals surface area (Å²) >= 11 is 0. The number of rotatable bonds is 7. The summed E-state index contributed by atoms with van der Waals surface area (Å²) in [5.41, 5.74) is 5.81. The van der Waals surface area contributed by atoms with Gasteiger partial charge in [-0.3, -0.25) is 0 Å². The molecule has 0 aromatic heterocycles. The molecule has 0 unspecified atom stereocenters. The van der Waals surface area contributed by atoms with Gasteiger partial charge in [-0.25, -0.2) is 4.39 Å². The lowest BCUT2D eigenvalue weighted by Crippen LogP contribution is -2.06. The van der Waals surface area contributed by atoms with Crippen molar-refractivity contribution < 1.29 is 17.6 Å². The number of halogens is 4. The summed E-state index contributed by atoms with van der Waals surface area (Å²) in [5, 5.41) is 0. The largest absolute Gasteiger partial charge is 0.389 e. The monoisotopic (exact) mass is 348 g/mol. The highest BCUT2D eigenvalue weighted by molar-refractivity contribution is 5.65. The molecule has 0 spiro atoms. The molecule has 0 fully saturated rings. The van der Waals surface area contributed by atoms with Crippen LogP contribution in [0.15, 0.2) is 60.8 Å². The third-order valence-corrected chi connectivity index (χ3v) is 3.97. The molecular weight excluding hydrogens is 328 g/mol. The van der Waals surface area contributed by atoms with E-state index in [1.165, 1.54) is 12.1 Å². The average molecular weight is 348 g/mol. The van der Waals surface area contributed by atoms with Crippen LogP contribution < -0.4 is 0 Å². The molecule has 0 saturated heterocycles. The zero-order chi connectivity index (χ0) is 18.3. The van der Waals surface area contributed by atoms with E-state index < -0.39 is 12.6 Å². The molecule has 132 valence electrons. The summed E-state index contributed by atoms with van der Waals surface area (Å²) in [5.74, 6) is -0.245. The van der Waals surface area contributed by atoms with Crippen molar-refractivity contribution in [1.82, 2.24) is 0 Å². The van der Waals surface area contributed by atoms with Gasteiger partial charge in [0.05, 0.1) is 0 Å². The van der Waals surface area contributed by atoms with E-state index in [0.29, 0.717) is 5.57 Å². The number of allylic oxidation sites excluding steroid dienone is 1. The van der Waals surface area contributed by atoms with Gasteiger partial charge in [-0.2, -0.15) is 13.2 Å². The first-order valence-electron chi connectivity index (χ1n) is 8.17. The first kappa shape index (κ1) is 19.0. The number of benzene rings is 2. The molecule has 2 rings (SSSR count). The van der Waals surface area contributed by atoms with Crippen LogP contribution in [0.4, 0.5) is 17.6 Å². The van der Waals surface area contributed by atoms with E-state index in [2.05, 4.69) is 12.3 Å². The lowest BCUT2D eigenvalue weighted by Gasteiger charge is -2.10. The fourth-order valence-electron chi connectivity index (χ4n) is 2.71. The van der Waals surface area contributed by atoms with E-state index in [4.69, 9.17) is 0 Å². The third kappa shape index (κ3) is 6.60. The minimum Gasteiger partial charge on any atom is -0.207 e. The zero-order valence-corrected chi connectivity index (χ0v) is 13.9. The van der Waals surface area contributed by atoms with E-state index >= 15 is 0 Å². The van der Waals surface area contributed by atoms with Crippen LogP contribution in [0, 0.1) is 5.82 Å². The summed E-state index contributed by atoms with van der Waals surface area (Å²) in [7, 11) is 0. The van der Waals surface area contributed by atoms with E-state index in [9.17, 15) is 17.6 Å². The van der Waals surface area contributed by atoms with Gasteiger partial charge in [0.15, 0.2) is 0 Å². The Hall–Kier alpha value is -2.32. The van der Waals surface area contributed by atoms with Crippen molar-refractivity contribution in [2.45, 2.75) is 38.3 Å². The number of alkyl halides is 3. The molecule has 0 aliphatic heterocycles. The molecule has 0 aliphatic rings. The molecule has 0 nitrogen and oxygen atoms in total. The van der Waals surface area contributed by atoms with Crippen LogP contribution in [-0.2, 0) is 12.8 Å². The highest BCUT2D eigenvalue weighted by atomic mass is 19.4. The number of hydrogen-bond donors (Lipinski definition) is 0. The van der Waals surface area contributed by atoms with E-state index in [0.717, 1.165) is 36.0 Å². The molecule has 0 heterocycles. The van der Waals surface area contributed by atoms with Crippen LogP contribution >= 0.6 is 0 Å². The number of aryl methyl sites for hydroxylation is 2. The van der Waals surface area contributed by atoms with Crippen LogP contribution in [0.25, 0.3) is 5.57 Å². The molecule has 2 aromatic carbocycles. The van der Waals surface area contributed by atoms with Gasteiger partial charge in [0.25, 0.3) is 0 Å². The summed E-state index contributed by atoms with van der Waals surface area (Å²) < 4.78 is 50.4. The smallest absolute Gasteiger partial charge is 0.207 e. The SMILES string of the molecule is C=C=C(CCC(F)(F)F)c1cccc(CCCc2cccc(F)c2)c1. The lowest BCUT2D eigenvalue weighted by atomic mass is 9.97. The Kier molecular flexibility index (Phi) is 6.60. The van der Waals surface area contributed by atoms with Gasteiger partial charge in [0.2, 0.25) is 0 Å². The van der Waals surface area contributed by atoms with Crippen LogP contribution in [0.2, 0.25) is 0 Å². The van der Waals surface area contributed by atoms with Crippen LogP contribution in [0.3, 0.4) is 0 Å². The molecule has 25 heavy (non-hydrogen) atoms. The van der Waals surface area contributed by atoms with Crippen molar-refractivity contribution in [3.05, 3.63) is 83.3 Å². The van der Waals surface area contributed by atoms with Crippen LogP contribution in [0.5, 0.6) is 0 Å². The first-order chi connectivity index (χ1) is 11.9. The molecule has 0 aliphatic carbocycles. The fraction of sp³-hybridized carbons (Fsp3) is 0.286. The second-order valence-corrected chi connectivity index (χ2v) is 5.95. The van der Waals surface area contributed by atoms with Gasteiger partial charge in [0, 0.05) is 12.0 Å². The van der Waals surface area contributed by atoms with E-state index in [1.54, 1.807) is 12.1 Å². The summed E-state index contributed by atoms with van der Waals surface area (Å²) in [4.78, 5) is 0. The molecular formula is C21H20F4. The Morgan fingerprint density at radius 2 is 1.60 bits per heavy atom. The van der Waals surface area contributed by atoms with Crippen LogP contribution in [-0.4, -0.2) is 6.18 Å².